The summed E-state index contributed by atoms with van der Waals surface area (Å²) in [5.74, 6) is -2.56. The first-order chi connectivity index (χ1) is 12.0. The van der Waals surface area contributed by atoms with E-state index in [1.54, 1.807) is 0 Å². The molecule has 0 atom stereocenters. The van der Waals surface area contributed by atoms with E-state index in [0.29, 0.717) is 18.2 Å². The predicted octanol–water partition coefficient (Wildman–Crippen LogP) is 4.24. The first-order valence-electron chi connectivity index (χ1n) is 6.77. The topological polar surface area (TPSA) is 129 Å². The number of nitrogens with zero attached hydrogens (tertiary/aromatic N) is 3. The minimum atomic E-state index is -1.28. The highest BCUT2D eigenvalue weighted by molar-refractivity contribution is 6.33. The Hall–Kier alpha value is -3.21. The fourth-order valence-electron chi connectivity index (χ4n) is 2.36. The highest BCUT2D eigenvalue weighted by Crippen LogP contribution is 2.38. The summed E-state index contributed by atoms with van der Waals surface area (Å²) in [6.07, 6.45) is -0.671. The third-order valence-corrected chi connectivity index (χ3v) is 4.15. The van der Waals surface area contributed by atoms with E-state index in [1.807, 2.05) is 0 Å². The highest BCUT2D eigenvalue weighted by Gasteiger charge is 2.29. The molecule has 0 saturated carbocycles. The summed E-state index contributed by atoms with van der Waals surface area (Å²) in [5, 5.41) is 32.4. The Morgan fingerprint density at radius 1 is 0.885 bits per heavy atom. The van der Waals surface area contributed by atoms with Crippen LogP contribution >= 0.6 is 11.6 Å². The Morgan fingerprint density at radius 2 is 1.38 bits per heavy atom. The molecule has 0 unspecified atom stereocenters. The monoisotopic (exact) mass is 387 g/mol. The molecule has 26 heavy (non-hydrogen) atoms. The summed E-state index contributed by atoms with van der Waals surface area (Å²) in [7, 11) is 0. The summed E-state index contributed by atoms with van der Waals surface area (Å²) >= 11 is 5.84. The zero-order valence-corrected chi connectivity index (χ0v) is 13.6. The molecule has 136 valence electrons. The van der Waals surface area contributed by atoms with Gasteiger partial charge in [-0.2, -0.15) is 0 Å². The lowest BCUT2D eigenvalue weighted by Crippen LogP contribution is -2.06. The molecule has 0 aliphatic carbocycles. The Morgan fingerprint density at radius 3 is 1.81 bits per heavy atom. The van der Waals surface area contributed by atoms with Gasteiger partial charge in [0.1, 0.15) is 16.7 Å². The smallest absolute Gasteiger partial charge is 0.258 e. The van der Waals surface area contributed by atoms with Gasteiger partial charge in [0.05, 0.1) is 33.0 Å². The average molecular weight is 388 g/mol. The number of hydrogen-bond acceptors (Lipinski definition) is 6. The molecule has 0 N–H and O–H groups in total. The van der Waals surface area contributed by atoms with E-state index in [0.717, 1.165) is 0 Å². The molecule has 0 bridgehead atoms. The minimum Gasteiger partial charge on any atom is -0.258 e. The lowest BCUT2D eigenvalue weighted by Gasteiger charge is -2.11. The molecule has 0 heterocycles. The zero-order chi connectivity index (χ0) is 19.8. The predicted molar refractivity (Wildman–Crippen MR) is 85.3 cm³/mol. The van der Waals surface area contributed by atoms with Crippen LogP contribution in [0.1, 0.15) is 16.7 Å². The molecule has 0 aromatic heterocycles. The van der Waals surface area contributed by atoms with Gasteiger partial charge in [-0.15, -0.1) is 0 Å². The number of rotatable bonds is 5. The second-order valence-corrected chi connectivity index (χ2v) is 5.55. The maximum Gasteiger partial charge on any atom is 0.295 e. The van der Waals surface area contributed by atoms with Crippen LogP contribution in [0.15, 0.2) is 18.2 Å². The molecule has 0 aliphatic rings. The zero-order valence-electron chi connectivity index (χ0n) is 12.9. The summed E-state index contributed by atoms with van der Waals surface area (Å²) in [5.41, 5.74) is -3.27. The Balaban J connectivity index is 2.67. The second kappa shape index (κ2) is 6.96. The number of benzene rings is 2. The molecule has 9 nitrogen and oxygen atoms in total. The Kier molecular flexibility index (Phi) is 5.12. The van der Waals surface area contributed by atoms with Crippen molar-refractivity contribution >= 4 is 28.7 Å². The maximum absolute atomic E-state index is 14.1. The van der Waals surface area contributed by atoms with Crippen LogP contribution in [-0.4, -0.2) is 14.8 Å². The lowest BCUT2D eigenvalue weighted by atomic mass is 9.97. The van der Waals surface area contributed by atoms with Crippen LogP contribution in [0, 0.1) is 48.9 Å². The van der Waals surface area contributed by atoms with E-state index in [4.69, 9.17) is 11.6 Å². The van der Waals surface area contributed by atoms with Gasteiger partial charge in [0.25, 0.3) is 17.1 Å². The van der Waals surface area contributed by atoms with Crippen molar-refractivity contribution in [2.75, 3.05) is 0 Å². The van der Waals surface area contributed by atoms with E-state index >= 15 is 0 Å². The molecule has 2 aromatic carbocycles. The fraction of sp³-hybridized carbons (Fsp3) is 0.143. The number of nitro benzene ring substituents is 3. The SMILES string of the molecule is Cc1c(Cl)c([N+](=O)[O-])cc([N+](=O)[O-])c1Cc1c(F)cc([N+](=O)[O-])cc1F. The third-order valence-electron chi connectivity index (χ3n) is 3.67. The van der Waals surface area contributed by atoms with E-state index < -0.39 is 60.5 Å². The summed E-state index contributed by atoms with van der Waals surface area (Å²) in [6, 6.07) is 1.56. The second-order valence-electron chi connectivity index (χ2n) is 5.17. The standard InChI is InChI=1S/C14H8ClF2N3O6/c1-6-8(12(19(23)24)5-13(14(6)15)20(25)26)4-9-10(16)2-7(18(21)22)3-11(9)17/h2-3,5H,4H2,1H3. The Bertz CT molecular complexity index is 943. The van der Waals surface area contributed by atoms with Gasteiger partial charge in [-0.05, 0) is 12.5 Å². The van der Waals surface area contributed by atoms with Crippen molar-refractivity contribution in [2.24, 2.45) is 0 Å². The average Bonchev–Trinajstić information content (AvgIpc) is 2.53. The molecule has 0 amide bonds. The van der Waals surface area contributed by atoms with Crippen molar-refractivity contribution in [1.29, 1.82) is 0 Å². The van der Waals surface area contributed by atoms with Crippen LogP contribution in [0.3, 0.4) is 0 Å². The molecule has 12 heteroatoms. The largest absolute Gasteiger partial charge is 0.295 e. The van der Waals surface area contributed by atoms with Crippen molar-refractivity contribution in [3.05, 3.63) is 81.9 Å². The van der Waals surface area contributed by atoms with Gasteiger partial charge >= 0.3 is 0 Å². The van der Waals surface area contributed by atoms with Crippen LogP contribution < -0.4 is 0 Å². The van der Waals surface area contributed by atoms with Gasteiger partial charge in [-0.1, -0.05) is 11.6 Å². The normalized spacial score (nSPS) is 10.6. The van der Waals surface area contributed by atoms with Gasteiger partial charge < -0.3 is 0 Å². The molecule has 2 rings (SSSR count). The van der Waals surface area contributed by atoms with Gasteiger partial charge in [-0.25, -0.2) is 8.78 Å². The molecule has 2 aromatic rings. The number of halogens is 3. The van der Waals surface area contributed by atoms with E-state index in [-0.39, 0.29) is 11.1 Å². The molecular weight excluding hydrogens is 380 g/mol. The molecule has 0 fully saturated rings. The molecule has 0 spiro atoms. The van der Waals surface area contributed by atoms with Crippen molar-refractivity contribution < 1.29 is 23.6 Å². The van der Waals surface area contributed by atoms with Gasteiger partial charge in [0, 0.05) is 17.5 Å². The third kappa shape index (κ3) is 3.42. The fourth-order valence-corrected chi connectivity index (χ4v) is 2.59. The minimum absolute atomic E-state index is 0.0929. The molecule has 0 saturated heterocycles. The van der Waals surface area contributed by atoms with E-state index in [1.165, 1.54) is 6.92 Å². The Labute approximate surface area is 148 Å². The van der Waals surface area contributed by atoms with Gasteiger partial charge in [-0.3, -0.25) is 30.3 Å². The van der Waals surface area contributed by atoms with Crippen LogP contribution in [-0.2, 0) is 6.42 Å². The van der Waals surface area contributed by atoms with E-state index in [2.05, 4.69) is 0 Å². The summed E-state index contributed by atoms with van der Waals surface area (Å²) in [4.78, 5) is 29.9. The highest BCUT2D eigenvalue weighted by atomic mass is 35.5. The molecule has 0 aliphatic heterocycles. The number of hydrogen-bond donors (Lipinski definition) is 0. The number of non-ortho nitro benzene ring substituents is 1. The van der Waals surface area contributed by atoms with Gasteiger partial charge in [0.2, 0.25) is 0 Å². The first-order valence-corrected chi connectivity index (χ1v) is 7.15. The maximum atomic E-state index is 14.1. The first kappa shape index (κ1) is 19.1. The molecule has 0 radical (unpaired) electrons. The van der Waals surface area contributed by atoms with Crippen LogP contribution in [0.2, 0.25) is 5.02 Å². The van der Waals surface area contributed by atoms with E-state index in [9.17, 15) is 39.1 Å². The van der Waals surface area contributed by atoms with Crippen molar-refractivity contribution in [1.82, 2.24) is 0 Å². The summed E-state index contributed by atoms with van der Waals surface area (Å²) < 4.78 is 28.1. The van der Waals surface area contributed by atoms with Crippen LogP contribution in [0.25, 0.3) is 0 Å². The van der Waals surface area contributed by atoms with Crippen molar-refractivity contribution in [3.8, 4) is 0 Å². The summed E-state index contributed by atoms with van der Waals surface area (Å²) in [6.45, 7) is 1.23. The van der Waals surface area contributed by atoms with Crippen LogP contribution in [0.5, 0.6) is 0 Å². The quantitative estimate of drug-likeness (QED) is 0.557. The lowest BCUT2D eigenvalue weighted by molar-refractivity contribution is -0.394. The molecular formula is C14H8ClF2N3O6. The van der Waals surface area contributed by atoms with Crippen molar-refractivity contribution in [2.45, 2.75) is 13.3 Å². The number of nitro groups is 3. The van der Waals surface area contributed by atoms with Crippen molar-refractivity contribution in [3.63, 3.8) is 0 Å². The van der Waals surface area contributed by atoms with Crippen LogP contribution in [0.4, 0.5) is 25.8 Å². The van der Waals surface area contributed by atoms with Gasteiger partial charge in [0.15, 0.2) is 0 Å².